The van der Waals surface area contributed by atoms with Crippen molar-refractivity contribution in [2.75, 3.05) is 0 Å². The van der Waals surface area contributed by atoms with E-state index < -0.39 is 0 Å². The molecule has 0 amide bonds. The van der Waals surface area contributed by atoms with E-state index in [1.54, 1.807) is 0 Å². The zero-order valence-corrected chi connectivity index (χ0v) is 7.54. The molecule has 0 aromatic rings. The summed E-state index contributed by atoms with van der Waals surface area (Å²) in [6.07, 6.45) is 0. The van der Waals surface area contributed by atoms with E-state index in [1.807, 2.05) is 0 Å². The number of hydrogen-bond donors (Lipinski definition) is 0. The molecule has 0 saturated heterocycles. The van der Waals surface area contributed by atoms with Gasteiger partial charge in [0.2, 0.25) is 0 Å². The van der Waals surface area contributed by atoms with E-state index in [1.165, 1.54) is 0 Å². The van der Waals surface area contributed by atoms with E-state index in [4.69, 9.17) is 0 Å². The van der Waals surface area contributed by atoms with Crippen LogP contribution < -0.4 is 0 Å². The quantitative estimate of drug-likeness (QED) is 0.495. The topological polar surface area (TPSA) is 28.5 Å². The molecule has 0 fully saturated rings. The molecule has 0 bridgehead atoms. The van der Waals surface area contributed by atoms with Gasteiger partial charge in [-0.05, 0) is 0 Å². The standard InChI is InChI=1S/Co.La.Mn.O.Sr.2H/q;;+2;-2;;;. The Hall–Kier alpha value is 3.66. The average molecular weight is 358 g/mol. The summed E-state index contributed by atoms with van der Waals surface area (Å²) in [4.78, 5) is 0. The van der Waals surface area contributed by atoms with Crippen molar-refractivity contribution >= 4 is 45.5 Å². The van der Waals surface area contributed by atoms with Crippen LogP contribution >= 0.6 is 0 Å². The van der Waals surface area contributed by atoms with E-state index in [-0.39, 0.29) is 120 Å². The Bertz CT molecular complexity index is 11.6. The minimum absolute atomic E-state index is 0. The number of rotatable bonds is 0. The molecule has 0 saturated carbocycles. The molecule has 0 aliphatic rings. The van der Waals surface area contributed by atoms with Gasteiger partial charge in [0, 0.05) is 52.4 Å². The molecule has 1 nitrogen and oxygen atoms in total. The molecule has 5 heavy (non-hydrogen) atoms. The van der Waals surface area contributed by atoms with Crippen molar-refractivity contribution < 1.29 is 74.9 Å². The van der Waals surface area contributed by atoms with Gasteiger partial charge in [0.15, 0.2) is 0 Å². The van der Waals surface area contributed by atoms with Crippen LogP contribution in [0, 0.1) is 35.6 Å². The van der Waals surface area contributed by atoms with Crippen molar-refractivity contribution in [1.29, 1.82) is 0 Å². The van der Waals surface area contributed by atoms with E-state index in [2.05, 4.69) is 0 Å². The van der Waals surface area contributed by atoms with Gasteiger partial charge in [-0.3, -0.25) is 0 Å². The summed E-state index contributed by atoms with van der Waals surface area (Å²) in [5.74, 6) is 0. The SMILES string of the molecule is [Co].[La].[Mn+2].[O-2].[SrH2]. The van der Waals surface area contributed by atoms with Gasteiger partial charge >= 0.3 is 62.6 Å². The molecule has 0 N–H and O–H groups in total. The van der Waals surface area contributed by atoms with E-state index >= 15 is 0 Å². The van der Waals surface area contributed by atoms with Crippen molar-refractivity contribution in [2.24, 2.45) is 0 Å². The Morgan fingerprint density at radius 2 is 1.00 bits per heavy atom. The summed E-state index contributed by atoms with van der Waals surface area (Å²) in [6, 6.07) is 0. The molecule has 0 aromatic carbocycles. The molecule has 5 heteroatoms. The van der Waals surface area contributed by atoms with Crippen molar-refractivity contribution in [1.82, 2.24) is 0 Å². The molecule has 0 heterocycles. The van der Waals surface area contributed by atoms with Crippen molar-refractivity contribution in [3.63, 3.8) is 0 Å². The molecular formula is H2CoLaMnOSr. The Kier molecular flexibility index (Phi) is 192. The van der Waals surface area contributed by atoms with Gasteiger partial charge in [-0.2, -0.15) is 0 Å². The molecule has 0 spiro atoms. The summed E-state index contributed by atoms with van der Waals surface area (Å²) in [5, 5.41) is 0. The Morgan fingerprint density at radius 3 is 1.00 bits per heavy atom. The summed E-state index contributed by atoms with van der Waals surface area (Å²) in [6.45, 7) is 0. The average Bonchev–Trinajstić information content (AvgIpc) is 0. The second kappa shape index (κ2) is 25.4. The van der Waals surface area contributed by atoms with Crippen molar-refractivity contribution in [2.45, 2.75) is 0 Å². The molecule has 0 atom stereocenters. The monoisotopic (exact) mass is 359 g/mol. The van der Waals surface area contributed by atoms with Gasteiger partial charge in [-0.15, -0.1) is 0 Å². The molecule has 0 aromatic heterocycles. The van der Waals surface area contributed by atoms with Crippen LogP contribution in [0.2, 0.25) is 0 Å². The fraction of sp³-hybridized carbons (Fsp3) is 0. The van der Waals surface area contributed by atoms with E-state index in [9.17, 15) is 0 Å². The molecule has 0 aliphatic heterocycles. The van der Waals surface area contributed by atoms with Gasteiger partial charge in [0.05, 0.1) is 0 Å². The molecule has 0 rings (SSSR count). The second-order valence-electron chi connectivity index (χ2n) is 0. The third-order valence-corrected chi connectivity index (χ3v) is 0. The van der Waals surface area contributed by atoms with Crippen LogP contribution in [0.25, 0.3) is 0 Å². The Labute approximate surface area is 117 Å². The predicted molar refractivity (Wildman–Crippen MR) is 9.23 cm³/mol. The Morgan fingerprint density at radius 1 is 1.00 bits per heavy atom. The maximum atomic E-state index is 0. The zero-order chi connectivity index (χ0) is 0. The summed E-state index contributed by atoms with van der Waals surface area (Å²) in [5.41, 5.74) is 0. The normalized spacial score (nSPS) is 0. The van der Waals surface area contributed by atoms with Crippen molar-refractivity contribution in [3.8, 4) is 0 Å². The first-order valence-corrected chi connectivity index (χ1v) is 0. The maximum absolute atomic E-state index is 0. The van der Waals surface area contributed by atoms with Crippen LogP contribution in [0.1, 0.15) is 0 Å². The fourth-order valence-electron chi connectivity index (χ4n) is 0. The van der Waals surface area contributed by atoms with Gasteiger partial charge in [0.1, 0.15) is 0 Å². The molecule has 0 unspecified atom stereocenters. The van der Waals surface area contributed by atoms with Crippen LogP contribution in [-0.2, 0) is 39.3 Å². The first kappa shape index (κ1) is 37.9. The van der Waals surface area contributed by atoms with Crippen LogP contribution in [-0.4, -0.2) is 45.5 Å². The molecule has 0 aliphatic carbocycles. The van der Waals surface area contributed by atoms with Gasteiger partial charge in [0.25, 0.3) is 0 Å². The summed E-state index contributed by atoms with van der Waals surface area (Å²) < 4.78 is 0. The van der Waals surface area contributed by atoms with Crippen LogP contribution in [0.3, 0.4) is 0 Å². The number of hydrogen-bond acceptors (Lipinski definition) is 0. The van der Waals surface area contributed by atoms with Crippen LogP contribution in [0.15, 0.2) is 0 Å². The van der Waals surface area contributed by atoms with Crippen LogP contribution in [0.5, 0.6) is 0 Å². The van der Waals surface area contributed by atoms with Gasteiger partial charge in [-0.25, -0.2) is 0 Å². The van der Waals surface area contributed by atoms with Crippen molar-refractivity contribution in [3.05, 3.63) is 0 Å². The minimum atomic E-state index is 0. The summed E-state index contributed by atoms with van der Waals surface area (Å²) in [7, 11) is 0. The van der Waals surface area contributed by atoms with E-state index in [0.29, 0.717) is 0 Å². The fourth-order valence-corrected chi connectivity index (χ4v) is 0. The van der Waals surface area contributed by atoms with Gasteiger partial charge in [-0.1, -0.05) is 0 Å². The zero-order valence-electron chi connectivity index (χ0n) is 1.70. The Balaban J connectivity index is 0. The first-order chi connectivity index (χ1) is 0. The predicted octanol–water partition coefficient (Wildman–Crippen LogP) is -1.04. The second-order valence-corrected chi connectivity index (χ2v) is 0. The van der Waals surface area contributed by atoms with E-state index in [0.717, 1.165) is 0 Å². The first-order valence-electron chi connectivity index (χ1n) is 0. The van der Waals surface area contributed by atoms with Gasteiger partial charge < -0.3 is 5.48 Å². The third-order valence-electron chi connectivity index (χ3n) is 0. The summed E-state index contributed by atoms with van der Waals surface area (Å²) >= 11 is 0. The molecule has 29 valence electrons. The molecular weight excluding hydrogens is 356 g/mol. The van der Waals surface area contributed by atoms with Crippen LogP contribution in [0.4, 0.5) is 0 Å². The third kappa shape index (κ3) is 18.3. The molecule has 3 radical (unpaired) electrons.